The molecule has 0 saturated carbocycles. The first-order chi connectivity index (χ1) is 17.4. The number of carbonyl (C=O) groups is 1. The van der Waals surface area contributed by atoms with Crippen LogP contribution in [0, 0.1) is 17.6 Å². The number of anilines is 1. The van der Waals surface area contributed by atoms with Crippen molar-refractivity contribution in [1.29, 1.82) is 0 Å². The molecule has 0 spiro atoms. The lowest BCUT2D eigenvalue weighted by atomic mass is 9.78. The molecule has 1 heterocycles. The molecule has 0 bridgehead atoms. The van der Waals surface area contributed by atoms with Gasteiger partial charge in [-0.1, -0.05) is 48.5 Å². The fourth-order valence-corrected chi connectivity index (χ4v) is 5.07. The van der Waals surface area contributed by atoms with E-state index in [-0.39, 0.29) is 29.5 Å². The van der Waals surface area contributed by atoms with Gasteiger partial charge in [-0.2, -0.15) is 0 Å². The summed E-state index contributed by atoms with van der Waals surface area (Å²) in [5.41, 5.74) is 4.30. The number of aliphatic hydroxyl groups excluding tert-OH is 1. The van der Waals surface area contributed by atoms with E-state index in [1.54, 1.807) is 29.2 Å². The molecule has 4 aromatic rings. The van der Waals surface area contributed by atoms with Crippen LogP contribution in [0.4, 0.5) is 14.5 Å². The first-order valence-corrected chi connectivity index (χ1v) is 12.3. The van der Waals surface area contributed by atoms with Crippen molar-refractivity contribution >= 4 is 24.2 Å². The third kappa shape index (κ3) is 4.92. The second-order valence-corrected chi connectivity index (χ2v) is 9.57. The standard InChI is InChI=1S/C30H25F2NO2S/c31-23-10-8-20(9-11-23)28(34)17-16-27-29(33(30(27)35)25-14-12-24(32)13-15-25)21-6-4-19(5-7-21)22-2-1-3-26(36)18-22/h1-15,18,27-29,34,36H,16-17H2/t27?,28-,29+/m0/s1. The maximum atomic E-state index is 13.5. The number of nitrogens with zero attached hydrogens (tertiary/aromatic N) is 1. The van der Waals surface area contributed by atoms with Crippen LogP contribution in [0.2, 0.25) is 0 Å². The topological polar surface area (TPSA) is 40.5 Å². The van der Waals surface area contributed by atoms with Gasteiger partial charge in [0.1, 0.15) is 11.6 Å². The second-order valence-electron chi connectivity index (χ2n) is 9.05. The van der Waals surface area contributed by atoms with E-state index in [1.165, 1.54) is 24.3 Å². The zero-order chi connectivity index (χ0) is 25.2. The highest BCUT2D eigenvalue weighted by Gasteiger charge is 2.48. The Morgan fingerprint density at radius 1 is 0.833 bits per heavy atom. The fourth-order valence-electron chi connectivity index (χ4n) is 4.85. The molecule has 36 heavy (non-hydrogen) atoms. The highest BCUT2D eigenvalue weighted by molar-refractivity contribution is 7.80. The normalized spacial score (nSPS) is 18.1. The summed E-state index contributed by atoms with van der Waals surface area (Å²) < 4.78 is 26.8. The van der Waals surface area contributed by atoms with Gasteiger partial charge in [0.25, 0.3) is 0 Å². The fraction of sp³-hybridized carbons (Fsp3) is 0.167. The molecule has 4 aromatic carbocycles. The molecule has 1 aliphatic heterocycles. The summed E-state index contributed by atoms with van der Waals surface area (Å²) in [5.74, 6) is -1.13. The van der Waals surface area contributed by atoms with Crippen LogP contribution in [0.3, 0.4) is 0 Å². The van der Waals surface area contributed by atoms with Crippen molar-refractivity contribution in [2.24, 2.45) is 5.92 Å². The van der Waals surface area contributed by atoms with Crippen LogP contribution in [0.15, 0.2) is 102 Å². The summed E-state index contributed by atoms with van der Waals surface area (Å²) in [4.78, 5) is 15.8. The van der Waals surface area contributed by atoms with Gasteiger partial charge in [0, 0.05) is 10.6 Å². The van der Waals surface area contributed by atoms with Gasteiger partial charge in [-0.25, -0.2) is 8.78 Å². The number of thiol groups is 1. The number of amides is 1. The Kier molecular flexibility index (Phi) is 6.90. The molecule has 1 fully saturated rings. The Balaban J connectivity index is 1.40. The molecule has 5 rings (SSSR count). The number of halogens is 2. The Labute approximate surface area is 214 Å². The molecular formula is C30H25F2NO2S. The van der Waals surface area contributed by atoms with Crippen LogP contribution in [0.1, 0.15) is 36.1 Å². The molecule has 1 unspecified atom stereocenters. The molecule has 182 valence electrons. The van der Waals surface area contributed by atoms with Crippen molar-refractivity contribution in [3.63, 3.8) is 0 Å². The van der Waals surface area contributed by atoms with Crippen molar-refractivity contribution in [2.45, 2.75) is 29.9 Å². The summed E-state index contributed by atoms with van der Waals surface area (Å²) in [6.45, 7) is 0. The average Bonchev–Trinajstić information content (AvgIpc) is 2.89. The van der Waals surface area contributed by atoms with Crippen molar-refractivity contribution in [3.8, 4) is 11.1 Å². The molecule has 1 aliphatic rings. The lowest BCUT2D eigenvalue weighted by molar-refractivity contribution is -0.131. The number of rotatable bonds is 7. The van der Waals surface area contributed by atoms with Gasteiger partial charge in [0.2, 0.25) is 5.91 Å². The number of carbonyl (C=O) groups excluding carboxylic acids is 1. The smallest absolute Gasteiger partial charge is 0.233 e. The third-order valence-electron chi connectivity index (χ3n) is 6.76. The van der Waals surface area contributed by atoms with Crippen LogP contribution < -0.4 is 4.90 Å². The molecule has 3 atom stereocenters. The lowest BCUT2D eigenvalue weighted by Gasteiger charge is -2.48. The van der Waals surface area contributed by atoms with E-state index in [0.717, 1.165) is 21.6 Å². The van der Waals surface area contributed by atoms with E-state index in [1.807, 2.05) is 48.5 Å². The van der Waals surface area contributed by atoms with E-state index < -0.39 is 6.10 Å². The molecule has 6 heteroatoms. The summed E-state index contributed by atoms with van der Waals surface area (Å²) in [5, 5.41) is 10.6. The first-order valence-electron chi connectivity index (χ1n) is 11.8. The molecule has 0 aliphatic carbocycles. The summed E-state index contributed by atoms with van der Waals surface area (Å²) in [7, 11) is 0. The van der Waals surface area contributed by atoms with Crippen LogP contribution >= 0.6 is 12.6 Å². The van der Waals surface area contributed by atoms with Crippen LogP contribution in [-0.4, -0.2) is 11.0 Å². The minimum atomic E-state index is -0.796. The van der Waals surface area contributed by atoms with E-state index in [9.17, 15) is 18.7 Å². The highest BCUT2D eigenvalue weighted by Crippen LogP contribution is 2.46. The second kappa shape index (κ2) is 10.2. The van der Waals surface area contributed by atoms with Crippen LogP contribution in [-0.2, 0) is 4.79 Å². The largest absolute Gasteiger partial charge is 0.388 e. The molecule has 1 N–H and O–H groups in total. The van der Waals surface area contributed by atoms with Gasteiger partial charge in [0.05, 0.1) is 18.1 Å². The van der Waals surface area contributed by atoms with Gasteiger partial charge >= 0.3 is 0 Å². The van der Waals surface area contributed by atoms with E-state index in [0.29, 0.717) is 24.1 Å². The van der Waals surface area contributed by atoms with Crippen molar-refractivity contribution in [3.05, 3.63) is 120 Å². The first kappa shape index (κ1) is 24.2. The number of aliphatic hydroxyl groups is 1. The maximum absolute atomic E-state index is 13.5. The summed E-state index contributed by atoms with van der Waals surface area (Å²) in [6.07, 6.45) is 0.0287. The van der Waals surface area contributed by atoms with Crippen LogP contribution in [0.5, 0.6) is 0 Å². The molecule has 1 amide bonds. The highest BCUT2D eigenvalue weighted by atomic mass is 32.1. The van der Waals surface area contributed by atoms with Crippen molar-refractivity contribution < 1.29 is 18.7 Å². The Morgan fingerprint density at radius 2 is 1.47 bits per heavy atom. The summed E-state index contributed by atoms with van der Waals surface area (Å²) in [6, 6.07) is 27.4. The van der Waals surface area contributed by atoms with Crippen molar-refractivity contribution in [1.82, 2.24) is 0 Å². The van der Waals surface area contributed by atoms with Gasteiger partial charge in [0.15, 0.2) is 0 Å². The van der Waals surface area contributed by atoms with Gasteiger partial charge in [-0.05, 0) is 83.6 Å². The lowest BCUT2D eigenvalue weighted by Crippen LogP contribution is -2.55. The SMILES string of the molecule is O=C1C(CC[C@H](O)c2ccc(F)cc2)[C@@H](c2ccc(-c3cccc(S)c3)cc2)N1c1ccc(F)cc1. The predicted octanol–water partition coefficient (Wildman–Crippen LogP) is 7.14. The zero-order valence-corrected chi connectivity index (χ0v) is 20.3. The third-order valence-corrected chi connectivity index (χ3v) is 7.03. The predicted molar refractivity (Wildman–Crippen MR) is 140 cm³/mol. The molecule has 3 nitrogen and oxygen atoms in total. The minimum Gasteiger partial charge on any atom is -0.388 e. The Morgan fingerprint density at radius 3 is 2.11 bits per heavy atom. The maximum Gasteiger partial charge on any atom is 0.233 e. The molecule has 0 aromatic heterocycles. The number of β-lactam (4-membered cyclic amide) rings is 1. The molecule has 1 saturated heterocycles. The quantitative estimate of drug-likeness (QED) is 0.209. The zero-order valence-electron chi connectivity index (χ0n) is 19.4. The van der Waals surface area contributed by atoms with Gasteiger partial charge in [-0.15, -0.1) is 12.6 Å². The monoisotopic (exact) mass is 501 g/mol. The van der Waals surface area contributed by atoms with E-state index in [4.69, 9.17) is 0 Å². The number of hydrogen-bond acceptors (Lipinski definition) is 3. The summed E-state index contributed by atoms with van der Waals surface area (Å²) >= 11 is 4.42. The Hall–Kier alpha value is -3.48. The van der Waals surface area contributed by atoms with Gasteiger partial charge < -0.3 is 10.0 Å². The van der Waals surface area contributed by atoms with E-state index >= 15 is 0 Å². The van der Waals surface area contributed by atoms with Crippen LogP contribution in [0.25, 0.3) is 11.1 Å². The number of hydrogen-bond donors (Lipinski definition) is 2. The Bertz CT molecular complexity index is 1360. The average molecular weight is 502 g/mol. The van der Waals surface area contributed by atoms with Crippen molar-refractivity contribution in [2.75, 3.05) is 4.90 Å². The number of benzene rings is 4. The van der Waals surface area contributed by atoms with Gasteiger partial charge in [-0.3, -0.25) is 4.79 Å². The van der Waals surface area contributed by atoms with E-state index in [2.05, 4.69) is 12.6 Å². The minimum absolute atomic E-state index is 0.0650. The molecule has 0 radical (unpaired) electrons. The molecular weight excluding hydrogens is 476 g/mol.